The topological polar surface area (TPSA) is 75.8 Å². The molecule has 110 valence electrons. The number of methoxy groups -OCH3 is 1. The van der Waals surface area contributed by atoms with Crippen molar-refractivity contribution < 1.29 is 14.6 Å². The number of carbonyl (C=O) groups is 1. The van der Waals surface area contributed by atoms with Gasteiger partial charge in [0.25, 0.3) is 5.91 Å². The minimum Gasteiger partial charge on any atom is -0.508 e. The zero-order valence-corrected chi connectivity index (χ0v) is 12.0. The molecule has 5 nitrogen and oxygen atoms in total. The standard InChI is InChI=1S/C15H22N2O3/c1-10-3-4-11(7-14(10)18)15(19)17-6-5-13(20-2)8-12(17)9-16/h3-4,7,12-13,18H,5-6,8-9,16H2,1-2H3. The summed E-state index contributed by atoms with van der Waals surface area (Å²) in [5, 5.41) is 9.74. The molecule has 20 heavy (non-hydrogen) atoms. The van der Waals surface area contributed by atoms with Crippen molar-refractivity contribution in [2.75, 3.05) is 20.2 Å². The summed E-state index contributed by atoms with van der Waals surface area (Å²) in [5.41, 5.74) is 7.04. The summed E-state index contributed by atoms with van der Waals surface area (Å²) in [6.45, 7) is 2.85. The van der Waals surface area contributed by atoms with Crippen molar-refractivity contribution in [1.82, 2.24) is 4.90 Å². The molecule has 1 amide bonds. The number of hydrogen-bond donors (Lipinski definition) is 2. The Morgan fingerprint density at radius 1 is 1.55 bits per heavy atom. The Bertz CT molecular complexity index is 490. The molecule has 1 saturated heterocycles. The maximum absolute atomic E-state index is 12.5. The number of rotatable bonds is 3. The molecule has 5 heteroatoms. The highest BCUT2D eigenvalue weighted by Gasteiger charge is 2.31. The van der Waals surface area contributed by atoms with Crippen molar-refractivity contribution in [3.63, 3.8) is 0 Å². The summed E-state index contributed by atoms with van der Waals surface area (Å²) in [7, 11) is 1.69. The molecule has 1 aromatic carbocycles. The number of amides is 1. The third-order valence-electron chi connectivity index (χ3n) is 3.99. The maximum atomic E-state index is 12.5. The zero-order chi connectivity index (χ0) is 14.7. The molecule has 0 aliphatic carbocycles. The van der Waals surface area contributed by atoms with E-state index in [4.69, 9.17) is 10.5 Å². The van der Waals surface area contributed by atoms with Crippen LogP contribution in [0, 0.1) is 6.92 Å². The lowest BCUT2D eigenvalue weighted by molar-refractivity contribution is 0.0139. The van der Waals surface area contributed by atoms with Gasteiger partial charge in [0.2, 0.25) is 0 Å². The minimum atomic E-state index is -0.0784. The second-order valence-electron chi connectivity index (χ2n) is 5.27. The van der Waals surface area contributed by atoms with Gasteiger partial charge in [-0.1, -0.05) is 6.07 Å². The average Bonchev–Trinajstić information content (AvgIpc) is 2.48. The lowest BCUT2D eigenvalue weighted by atomic mass is 9.98. The number of aromatic hydroxyl groups is 1. The summed E-state index contributed by atoms with van der Waals surface area (Å²) in [6.07, 6.45) is 1.74. The van der Waals surface area contributed by atoms with E-state index in [0.717, 1.165) is 18.4 Å². The number of phenolic OH excluding ortho intramolecular Hbond substituents is 1. The fraction of sp³-hybridized carbons (Fsp3) is 0.533. The Kier molecular flexibility index (Phi) is 4.62. The molecule has 2 rings (SSSR count). The number of carbonyl (C=O) groups excluding carboxylic acids is 1. The zero-order valence-electron chi connectivity index (χ0n) is 12.0. The molecular formula is C15H22N2O3. The number of hydrogen-bond acceptors (Lipinski definition) is 4. The second kappa shape index (κ2) is 6.24. The van der Waals surface area contributed by atoms with E-state index >= 15 is 0 Å². The monoisotopic (exact) mass is 278 g/mol. The van der Waals surface area contributed by atoms with Crippen LogP contribution in [0.1, 0.15) is 28.8 Å². The Labute approximate surface area is 119 Å². The maximum Gasteiger partial charge on any atom is 0.254 e. The molecule has 1 heterocycles. The molecule has 2 atom stereocenters. The van der Waals surface area contributed by atoms with Crippen LogP contribution in [0.4, 0.5) is 0 Å². The molecule has 1 aromatic rings. The SMILES string of the molecule is COC1CCN(C(=O)c2ccc(C)c(O)c2)C(CN)C1. The Balaban J connectivity index is 2.17. The van der Waals surface area contributed by atoms with Crippen LogP contribution in [-0.4, -0.2) is 48.3 Å². The van der Waals surface area contributed by atoms with Crippen LogP contribution in [0.2, 0.25) is 0 Å². The molecule has 3 N–H and O–H groups in total. The highest BCUT2D eigenvalue weighted by molar-refractivity contribution is 5.95. The van der Waals surface area contributed by atoms with Gasteiger partial charge in [-0.3, -0.25) is 4.79 Å². The number of benzene rings is 1. The van der Waals surface area contributed by atoms with Crippen LogP contribution < -0.4 is 5.73 Å². The van der Waals surface area contributed by atoms with Crippen LogP contribution in [0.3, 0.4) is 0 Å². The lowest BCUT2D eigenvalue weighted by Crippen LogP contribution is -2.51. The number of nitrogens with two attached hydrogens (primary N) is 1. The number of aryl methyl sites for hydroxylation is 1. The van der Waals surface area contributed by atoms with Gasteiger partial charge in [-0.05, 0) is 37.5 Å². The van der Waals surface area contributed by atoms with Gasteiger partial charge in [0.1, 0.15) is 5.75 Å². The van der Waals surface area contributed by atoms with Crippen molar-refractivity contribution in [3.8, 4) is 5.75 Å². The van der Waals surface area contributed by atoms with Crippen LogP contribution in [0.15, 0.2) is 18.2 Å². The predicted octanol–water partition coefficient (Wildman–Crippen LogP) is 1.28. The average molecular weight is 278 g/mol. The van der Waals surface area contributed by atoms with Gasteiger partial charge in [-0.15, -0.1) is 0 Å². The molecule has 1 aliphatic rings. The van der Waals surface area contributed by atoms with Crippen molar-refractivity contribution in [2.45, 2.75) is 31.9 Å². The second-order valence-corrected chi connectivity index (χ2v) is 5.27. The fourth-order valence-corrected chi connectivity index (χ4v) is 2.63. The van der Waals surface area contributed by atoms with E-state index in [1.165, 1.54) is 6.07 Å². The van der Waals surface area contributed by atoms with E-state index < -0.39 is 0 Å². The summed E-state index contributed by atoms with van der Waals surface area (Å²) in [5.74, 6) is 0.0669. The van der Waals surface area contributed by atoms with Gasteiger partial charge < -0.3 is 20.5 Å². The van der Waals surface area contributed by atoms with Crippen LogP contribution >= 0.6 is 0 Å². The first-order valence-electron chi connectivity index (χ1n) is 6.90. The van der Waals surface area contributed by atoms with Gasteiger partial charge in [-0.2, -0.15) is 0 Å². The van der Waals surface area contributed by atoms with Crippen molar-refractivity contribution >= 4 is 5.91 Å². The van der Waals surface area contributed by atoms with Gasteiger partial charge >= 0.3 is 0 Å². The Morgan fingerprint density at radius 2 is 2.30 bits per heavy atom. The molecular weight excluding hydrogens is 256 g/mol. The molecule has 1 aliphatic heterocycles. The van der Waals surface area contributed by atoms with E-state index in [1.807, 2.05) is 0 Å². The fourth-order valence-electron chi connectivity index (χ4n) is 2.63. The number of nitrogens with zero attached hydrogens (tertiary/aromatic N) is 1. The molecule has 0 aromatic heterocycles. The predicted molar refractivity (Wildman–Crippen MR) is 76.8 cm³/mol. The highest BCUT2D eigenvalue weighted by Crippen LogP contribution is 2.24. The first kappa shape index (κ1) is 14.8. The van der Waals surface area contributed by atoms with E-state index in [-0.39, 0.29) is 23.8 Å². The number of phenols is 1. The molecule has 0 saturated carbocycles. The molecule has 0 spiro atoms. The van der Waals surface area contributed by atoms with Crippen molar-refractivity contribution in [1.29, 1.82) is 0 Å². The summed E-state index contributed by atoms with van der Waals surface area (Å²) >= 11 is 0. The smallest absolute Gasteiger partial charge is 0.254 e. The lowest BCUT2D eigenvalue weighted by Gasteiger charge is -2.38. The number of likely N-dealkylation sites (tertiary alicyclic amines) is 1. The summed E-state index contributed by atoms with van der Waals surface area (Å²) in [4.78, 5) is 14.3. The number of piperidine rings is 1. The van der Waals surface area contributed by atoms with E-state index in [1.54, 1.807) is 31.1 Å². The number of ether oxygens (including phenoxy) is 1. The van der Waals surface area contributed by atoms with Gasteiger partial charge in [0, 0.05) is 31.8 Å². The van der Waals surface area contributed by atoms with Gasteiger partial charge in [0.15, 0.2) is 0 Å². The van der Waals surface area contributed by atoms with Crippen LogP contribution in [-0.2, 0) is 4.74 Å². The van der Waals surface area contributed by atoms with Crippen molar-refractivity contribution in [3.05, 3.63) is 29.3 Å². The van der Waals surface area contributed by atoms with E-state index in [0.29, 0.717) is 18.7 Å². The van der Waals surface area contributed by atoms with Gasteiger partial charge in [-0.25, -0.2) is 0 Å². The largest absolute Gasteiger partial charge is 0.508 e. The molecule has 0 bridgehead atoms. The van der Waals surface area contributed by atoms with E-state index in [9.17, 15) is 9.90 Å². The Morgan fingerprint density at radius 3 is 2.90 bits per heavy atom. The quantitative estimate of drug-likeness (QED) is 0.873. The third-order valence-corrected chi connectivity index (χ3v) is 3.99. The summed E-state index contributed by atoms with van der Waals surface area (Å²) in [6, 6.07) is 5.01. The first-order chi connectivity index (χ1) is 9.56. The van der Waals surface area contributed by atoms with Crippen LogP contribution in [0.25, 0.3) is 0 Å². The van der Waals surface area contributed by atoms with E-state index in [2.05, 4.69) is 0 Å². The molecule has 0 radical (unpaired) electrons. The van der Waals surface area contributed by atoms with Crippen molar-refractivity contribution in [2.24, 2.45) is 5.73 Å². The highest BCUT2D eigenvalue weighted by atomic mass is 16.5. The Hall–Kier alpha value is -1.59. The third kappa shape index (κ3) is 2.94. The summed E-state index contributed by atoms with van der Waals surface area (Å²) < 4.78 is 5.36. The normalized spacial score (nSPS) is 22.9. The van der Waals surface area contributed by atoms with Gasteiger partial charge in [0.05, 0.1) is 6.10 Å². The molecule has 1 fully saturated rings. The van der Waals surface area contributed by atoms with Crippen LogP contribution in [0.5, 0.6) is 5.75 Å². The first-order valence-corrected chi connectivity index (χ1v) is 6.90. The minimum absolute atomic E-state index is 0.00959. The molecule has 2 unspecified atom stereocenters.